The Morgan fingerprint density at radius 3 is 3.06 bits per heavy atom. The number of carbonyl (C=O) groups is 1. The van der Waals surface area contributed by atoms with Crippen molar-refractivity contribution in [3.63, 3.8) is 0 Å². The number of nitro groups is 1. The van der Waals surface area contributed by atoms with Gasteiger partial charge in [0.2, 0.25) is 0 Å². The number of anilines is 1. The topological polar surface area (TPSA) is 94.4 Å². The fraction of sp³-hybridized carbons (Fsp3) is 0.333. The summed E-state index contributed by atoms with van der Waals surface area (Å²) in [7, 11) is 1.29. The maximum Gasteiger partial charge on any atom is 0.386 e. The summed E-state index contributed by atoms with van der Waals surface area (Å²) in [6.45, 7) is 0.263. The molecule has 86 valence electrons. The Bertz CT molecular complexity index is 394. The molecule has 0 aliphatic rings. The van der Waals surface area contributed by atoms with Crippen LogP contribution in [0.15, 0.2) is 18.3 Å². The maximum absolute atomic E-state index is 10.8. The molecule has 0 spiro atoms. The molecule has 16 heavy (non-hydrogen) atoms. The Morgan fingerprint density at radius 1 is 1.69 bits per heavy atom. The van der Waals surface area contributed by atoms with Crippen molar-refractivity contribution < 1.29 is 14.5 Å². The van der Waals surface area contributed by atoms with Gasteiger partial charge in [-0.25, -0.2) is 0 Å². The highest BCUT2D eigenvalue weighted by atomic mass is 16.6. The van der Waals surface area contributed by atoms with Crippen LogP contribution in [-0.2, 0) is 9.53 Å². The summed E-state index contributed by atoms with van der Waals surface area (Å²) in [5.74, 6) is -0.633. The molecule has 1 aromatic heterocycles. The number of nitrogens with zero attached hydrogens (tertiary/aromatic N) is 2. The van der Waals surface area contributed by atoms with Gasteiger partial charge in [-0.15, -0.1) is 0 Å². The van der Waals surface area contributed by atoms with Gasteiger partial charge in [0.05, 0.1) is 13.5 Å². The minimum Gasteiger partial charge on any atom is -0.469 e. The zero-order valence-corrected chi connectivity index (χ0v) is 8.67. The summed E-state index contributed by atoms with van der Waals surface area (Å²) < 4.78 is 4.44. The predicted molar refractivity (Wildman–Crippen MR) is 56.0 cm³/mol. The Labute approximate surface area is 91.6 Å². The molecule has 7 heteroatoms. The fourth-order valence-electron chi connectivity index (χ4n) is 1.08. The van der Waals surface area contributed by atoms with Crippen LogP contribution in [-0.4, -0.2) is 29.5 Å². The molecule has 1 aromatic rings. The van der Waals surface area contributed by atoms with Gasteiger partial charge in [-0.05, 0) is 22.0 Å². The summed E-state index contributed by atoms with van der Waals surface area (Å²) >= 11 is 0. The van der Waals surface area contributed by atoms with Crippen molar-refractivity contribution in [1.29, 1.82) is 0 Å². The molecule has 0 radical (unpaired) electrons. The van der Waals surface area contributed by atoms with E-state index in [1.54, 1.807) is 6.07 Å². The van der Waals surface area contributed by atoms with Crippen molar-refractivity contribution >= 4 is 17.5 Å². The largest absolute Gasteiger partial charge is 0.469 e. The molecule has 7 nitrogen and oxygen atoms in total. The van der Waals surface area contributed by atoms with Gasteiger partial charge in [0.15, 0.2) is 0 Å². The molecule has 0 saturated heterocycles. The zero-order chi connectivity index (χ0) is 12.0. The van der Waals surface area contributed by atoms with Crippen molar-refractivity contribution in [2.24, 2.45) is 0 Å². The number of esters is 1. The molecular formula is C9H11N3O4. The smallest absolute Gasteiger partial charge is 0.386 e. The summed E-state index contributed by atoms with van der Waals surface area (Å²) in [6, 6.07) is 3.11. The molecule has 0 aliphatic heterocycles. The van der Waals surface area contributed by atoms with Gasteiger partial charge in [0.25, 0.3) is 0 Å². The van der Waals surface area contributed by atoms with Gasteiger partial charge in [-0.3, -0.25) is 4.79 Å². The molecule has 0 aliphatic carbocycles. The van der Waals surface area contributed by atoms with Gasteiger partial charge >= 0.3 is 11.8 Å². The van der Waals surface area contributed by atoms with Crippen LogP contribution < -0.4 is 5.32 Å². The number of pyridine rings is 1. The van der Waals surface area contributed by atoms with Crippen LogP contribution in [0, 0.1) is 10.1 Å². The van der Waals surface area contributed by atoms with E-state index in [0.717, 1.165) is 0 Å². The lowest BCUT2D eigenvalue weighted by atomic mass is 10.3. The zero-order valence-electron chi connectivity index (χ0n) is 8.67. The van der Waals surface area contributed by atoms with Gasteiger partial charge < -0.3 is 20.2 Å². The second-order valence-corrected chi connectivity index (χ2v) is 2.88. The van der Waals surface area contributed by atoms with E-state index in [1.165, 1.54) is 19.4 Å². The second kappa shape index (κ2) is 5.64. The first kappa shape index (κ1) is 11.9. The fourth-order valence-corrected chi connectivity index (χ4v) is 1.08. The van der Waals surface area contributed by atoms with Gasteiger partial charge in [0.1, 0.15) is 11.9 Å². The quantitative estimate of drug-likeness (QED) is 0.455. The summed E-state index contributed by atoms with van der Waals surface area (Å²) in [5, 5.41) is 13.3. The highest BCUT2D eigenvalue weighted by Gasteiger charge is 2.13. The first-order valence-corrected chi connectivity index (χ1v) is 4.55. The lowest BCUT2D eigenvalue weighted by Crippen LogP contribution is -2.11. The van der Waals surface area contributed by atoms with E-state index < -0.39 is 4.92 Å². The van der Waals surface area contributed by atoms with E-state index >= 15 is 0 Å². The third-order valence-electron chi connectivity index (χ3n) is 1.83. The van der Waals surface area contributed by atoms with Crippen LogP contribution in [0.2, 0.25) is 0 Å². The molecule has 0 aromatic carbocycles. The number of methoxy groups -OCH3 is 1. The van der Waals surface area contributed by atoms with Crippen molar-refractivity contribution in [1.82, 2.24) is 4.98 Å². The molecule has 1 rings (SSSR count). The molecule has 0 fully saturated rings. The number of hydrogen-bond acceptors (Lipinski definition) is 6. The molecule has 1 heterocycles. The third kappa shape index (κ3) is 3.19. The van der Waals surface area contributed by atoms with E-state index in [2.05, 4.69) is 15.0 Å². The normalized spacial score (nSPS) is 9.56. The Kier molecular flexibility index (Phi) is 4.19. The molecule has 1 N–H and O–H groups in total. The molecule has 0 amide bonds. The highest BCUT2D eigenvalue weighted by Crippen LogP contribution is 2.19. The van der Waals surface area contributed by atoms with Crippen molar-refractivity contribution in [3.05, 3.63) is 28.4 Å². The number of ether oxygens (including phenoxy) is 1. The minimum absolute atomic E-state index is 0.141. The Balaban J connectivity index is 2.60. The van der Waals surface area contributed by atoms with Crippen LogP contribution in [0.4, 0.5) is 11.5 Å². The van der Waals surface area contributed by atoms with E-state index in [0.29, 0.717) is 0 Å². The van der Waals surface area contributed by atoms with Gasteiger partial charge in [-0.2, -0.15) is 0 Å². The monoisotopic (exact) mass is 225 g/mol. The Hall–Kier alpha value is -2.18. The van der Waals surface area contributed by atoms with Crippen molar-refractivity contribution in [3.8, 4) is 0 Å². The molecule has 0 bridgehead atoms. The number of carbonyl (C=O) groups excluding carboxylic acids is 1. The molecule has 0 atom stereocenters. The van der Waals surface area contributed by atoms with E-state index in [4.69, 9.17) is 0 Å². The first-order valence-electron chi connectivity index (χ1n) is 4.55. The maximum atomic E-state index is 10.8. The SMILES string of the molecule is COC(=O)CCNc1cccnc1[N+](=O)[O-]. The number of aromatic nitrogens is 1. The molecular weight excluding hydrogens is 214 g/mol. The average molecular weight is 225 g/mol. The summed E-state index contributed by atoms with van der Waals surface area (Å²) in [4.78, 5) is 24.4. The van der Waals surface area contributed by atoms with Gasteiger partial charge in [0, 0.05) is 6.54 Å². The Morgan fingerprint density at radius 2 is 2.44 bits per heavy atom. The van der Waals surface area contributed by atoms with Gasteiger partial charge in [-0.1, -0.05) is 0 Å². The second-order valence-electron chi connectivity index (χ2n) is 2.88. The summed E-state index contributed by atoms with van der Waals surface area (Å²) in [5.41, 5.74) is 0.288. The first-order chi connectivity index (χ1) is 7.65. The van der Waals surface area contributed by atoms with Crippen LogP contribution >= 0.6 is 0 Å². The number of hydrogen-bond donors (Lipinski definition) is 1. The lowest BCUT2D eigenvalue weighted by Gasteiger charge is -2.04. The predicted octanol–water partition coefficient (Wildman–Crippen LogP) is 0.965. The summed E-state index contributed by atoms with van der Waals surface area (Å²) in [6.07, 6.45) is 1.48. The van der Waals surface area contributed by atoms with Crippen molar-refractivity contribution in [2.45, 2.75) is 6.42 Å². The van der Waals surface area contributed by atoms with Crippen LogP contribution in [0.25, 0.3) is 0 Å². The number of rotatable bonds is 5. The lowest BCUT2D eigenvalue weighted by molar-refractivity contribution is -0.388. The van der Waals surface area contributed by atoms with Crippen LogP contribution in [0.3, 0.4) is 0 Å². The number of nitrogens with one attached hydrogen (secondary N) is 1. The third-order valence-corrected chi connectivity index (χ3v) is 1.83. The average Bonchev–Trinajstić information content (AvgIpc) is 2.29. The van der Waals surface area contributed by atoms with Crippen LogP contribution in [0.1, 0.15) is 6.42 Å². The van der Waals surface area contributed by atoms with E-state index in [-0.39, 0.29) is 30.4 Å². The van der Waals surface area contributed by atoms with Crippen LogP contribution in [0.5, 0.6) is 0 Å². The molecule has 0 saturated carbocycles. The van der Waals surface area contributed by atoms with E-state index in [9.17, 15) is 14.9 Å². The van der Waals surface area contributed by atoms with E-state index in [1.807, 2.05) is 0 Å². The molecule has 0 unspecified atom stereocenters. The standard InChI is InChI=1S/C9H11N3O4/c1-16-8(13)4-6-10-7-3-2-5-11-9(7)12(14)15/h2-3,5,10H,4,6H2,1H3. The minimum atomic E-state index is -0.583. The highest BCUT2D eigenvalue weighted by molar-refractivity contribution is 5.70. The van der Waals surface area contributed by atoms with Crippen molar-refractivity contribution in [2.75, 3.05) is 19.0 Å².